The molecular weight excluding hydrogens is 357 g/mol. The number of carbonyl (C=O) groups excluding carboxylic acids is 2. The highest BCUT2D eigenvalue weighted by Crippen LogP contribution is 2.15. The fourth-order valence-electron chi connectivity index (χ4n) is 2.47. The maximum atomic E-state index is 13.9. The van der Waals surface area contributed by atoms with Crippen LogP contribution in [0.3, 0.4) is 0 Å². The highest BCUT2D eigenvalue weighted by atomic mass is 19.1. The molecule has 0 radical (unpaired) electrons. The highest BCUT2D eigenvalue weighted by Gasteiger charge is 2.12. The van der Waals surface area contributed by atoms with Gasteiger partial charge in [0.2, 0.25) is 5.91 Å². The second kappa shape index (κ2) is 8.14. The van der Waals surface area contributed by atoms with Crippen LogP contribution in [0.15, 0.2) is 60.9 Å². The summed E-state index contributed by atoms with van der Waals surface area (Å²) in [5.74, 6) is 4.13. The first-order chi connectivity index (χ1) is 13.4. The molecule has 0 aliphatic rings. The molecule has 1 aromatic heterocycles. The van der Waals surface area contributed by atoms with Crippen molar-refractivity contribution in [2.24, 2.45) is 5.73 Å². The number of nitrogens with zero attached hydrogens (tertiary/aromatic N) is 1. The van der Waals surface area contributed by atoms with Crippen molar-refractivity contribution in [1.82, 2.24) is 4.98 Å². The predicted octanol–water partition coefficient (Wildman–Crippen LogP) is 3.28. The summed E-state index contributed by atoms with van der Waals surface area (Å²) in [5, 5.41) is 2.67. The Morgan fingerprint density at radius 2 is 1.82 bits per heavy atom. The Bertz CT molecular complexity index is 1130. The van der Waals surface area contributed by atoms with Crippen molar-refractivity contribution in [3.63, 3.8) is 0 Å². The van der Waals surface area contributed by atoms with Crippen LogP contribution >= 0.6 is 0 Å². The first-order valence-corrected chi connectivity index (χ1v) is 8.37. The highest BCUT2D eigenvalue weighted by molar-refractivity contribution is 6.04. The Hall–Kier alpha value is -3.98. The Labute approximate surface area is 161 Å². The van der Waals surface area contributed by atoms with Crippen molar-refractivity contribution in [2.45, 2.75) is 6.92 Å². The van der Waals surface area contributed by atoms with Crippen LogP contribution in [-0.4, -0.2) is 16.8 Å². The van der Waals surface area contributed by atoms with Crippen molar-refractivity contribution in [2.75, 3.05) is 5.32 Å². The number of primary amides is 1. The molecule has 3 N–H and O–H groups in total. The molecule has 0 aliphatic heterocycles. The van der Waals surface area contributed by atoms with Crippen molar-refractivity contribution < 1.29 is 14.0 Å². The quantitative estimate of drug-likeness (QED) is 0.691. The molecule has 1 heterocycles. The Morgan fingerprint density at radius 3 is 2.61 bits per heavy atom. The van der Waals surface area contributed by atoms with Gasteiger partial charge in [-0.1, -0.05) is 29.5 Å². The van der Waals surface area contributed by atoms with Crippen LogP contribution in [0.4, 0.5) is 10.1 Å². The molecule has 6 heteroatoms. The zero-order valence-corrected chi connectivity index (χ0v) is 15.0. The molecule has 0 atom stereocenters. The number of amides is 2. The summed E-state index contributed by atoms with van der Waals surface area (Å²) in [6.07, 6.45) is 2.89. The fraction of sp³-hybridized carbons (Fsp3) is 0.0455. The number of aromatic nitrogens is 1. The number of halogens is 1. The van der Waals surface area contributed by atoms with Crippen LogP contribution in [0.2, 0.25) is 0 Å². The molecule has 3 aromatic rings. The van der Waals surface area contributed by atoms with E-state index in [1.165, 1.54) is 24.5 Å². The molecule has 0 spiro atoms. The van der Waals surface area contributed by atoms with Crippen LogP contribution in [0, 0.1) is 24.6 Å². The minimum Gasteiger partial charge on any atom is -0.366 e. The number of pyridine rings is 1. The van der Waals surface area contributed by atoms with Gasteiger partial charge in [-0.15, -0.1) is 0 Å². The number of anilines is 1. The number of nitrogens with one attached hydrogen (secondary N) is 1. The van der Waals surface area contributed by atoms with Gasteiger partial charge in [0.05, 0.1) is 11.1 Å². The Balaban J connectivity index is 1.80. The topological polar surface area (TPSA) is 85.1 Å². The molecule has 0 fully saturated rings. The minimum atomic E-state index is -0.583. The van der Waals surface area contributed by atoms with Crippen molar-refractivity contribution >= 4 is 17.5 Å². The zero-order valence-electron chi connectivity index (χ0n) is 15.0. The van der Waals surface area contributed by atoms with Crippen LogP contribution in [0.5, 0.6) is 0 Å². The molecule has 0 saturated heterocycles. The van der Waals surface area contributed by atoms with Gasteiger partial charge >= 0.3 is 0 Å². The molecule has 0 saturated carbocycles. The van der Waals surface area contributed by atoms with Gasteiger partial charge in [0.25, 0.3) is 5.91 Å². The summed E-state index contributed by atoms with van der Waals surface area (Å²) in [5.41, 5.74) is 7.92. The summed E-state index contributed by atoms with van der Waals surface area (Å²) in [6, 6.07) is 12.8. The molecule has 3 rings (SSSR count). The van der Waals surface area contributed by atoms with E-state index < -0.39 is 17.6 Å². The van der Waals surface area contributed by atoms with E-state index >= 15 is 0 Å². The van der Waals surface area contributed by atoms with Gasteiger partial charge in [-0.2, -0.15) is 0 Å². The van der Waals surface area contributed by atoms with Crippen molar-refractivity contribution in [1.29, 1.82) is 0 Å². The second-order valence-electron chi connectivity index (χ2n) is 6.09. The Morgan fingerprint density at radius 1 is 1.04 bits per heavy atom. The van der Waals surface area contributed by atoms with Gasteiger partial charge in [0, 0.05) is 29.2 Å². The van der Waals surface area contributed by atoms with Crippen LogP contribution < -0.4 is 11.1 Å². The van der Waals surface area contributed by atoms with Gasteiger partial charge in [0.15, 0.2) is 0 Å². The number of nitrogens with two attached hydrogens (primary N) is 1. The van der Waals surface area contributed by atoms with E-state index in [0.29, 0.717) is 16.8 Å². The predicted molar refractivity (Wildman–Crippen MR) is 104 cm³/mol. The fourth-order valence-corrected chi connectivity index (χ4v) is 2.47. The van der Waals surface area contributed by atoms with Gasteiger partial charge in [0.1, 0.15) is 5.82 Å². The van der Waals surface area contributed by atoms with E-state index in [1.807, 2.05) is 0 Å². The first kappa shape index (κ1) is 18.8. The second-order valence-corrected chi connectivity index (χ2v) is 6.09. The lowest BCUT2D eigenvalue weighted by atomic mass is 10.1. The van der Waals surface area contributed by atoms with Crippen LogP contribution in [-0.2, 0) is 0 Å². The van der Waals surface area contributed by atoms with Gasteiger partial charge in [-0.3, -0.25) is 14.6 Å². The van der Waals surface area contributed by atoms with Crippen molar-refractivity contribution in [3.8, 4) is 11.8 Å². The van der Waals surface area contributed by atoms with E-state index in [2.05, 4.69) is 22.1 Å². The third kappa shape index (κ3) is 4.59. The maximum Gasteiger partial charge on any atom is 0.258 e. The zero-order chi connectivity index (χ0) is 20.1. The molecule has 2 amide bonds. The largest absolute Gasteiger partial charge is 0.366 e. The number of benzene rings is 2. The number of rotatable bonds is 3. The number of carbonyl (C=O) groups is 2. The Kier molecular flexibility index (Phi) is 5.47. The molecular formula is C22H16FN3O2. The number of aryl methyl sites for hydroxylation is 1. The van der Waals surface area contributed by atoms with E-state index in [4.69, 9.17) is 5.73 Å². The SMILES string of the molecule is Cc1ccc(F)c(C(=O)Nc2cccc(C#Cc3cncc(C(N)=O)c3)c2)c1. The van der Waals surface area contributed by atoms with Gasteiger partial charge < -0.3 is 11.1 Å². The average Bonchev–Trinajstić information content (AvgIpc) is 2.68. The van der Waals surface area contributed by atoms with E-state index in [-0.39, 0.29) is 11.1 Å². The lowest BCUT2D eigenvalue weighted by Crippen LogP contribution is -2.14. The smallest absolute Gasteiger partial charge is 0.258 e. The maximum absolute atomic E-state index is 13.9. The van der Waals surface area contributed by atoms with Gasteiger partial charge in [-0.25, -0.2) is 4.39 Å². The molecule has 5 nitrogen and oxygen atoms in total. The van der Waals surface area contributed by atoms with Crippen LogP contribution in [0.25, 0.3) is 0 Å². The molecule has 0 unspecified atom stereocenters. The van der Waals surface area contributed by atoms with Gasteiger partial charge in [-0.05, 0) is 43.3 Å². The average molecular weight is 373 g/mol. The van der Waals surface area contributed by atoms with E-state index in [1.54, 1.807) is 43.3 Å². The third-order valence-corrected chi connectivity index (χ3v) is 3.86. The molecule has 2 aromatic carbocycles. The van der Waals surface area contributed by atoms with E-state index in [9.17, 15) is 14.0 Å². The molecule has 138 valence electrons. The molecule has 28 heavy (non-hydrogen) atoms. The summed E-state index contributed by atoms with van der Waals surface area (Å²) in [6.45, 7) is 1.79. The van der Waals surface area contributed by atoms with Crippen molar-refractivity contribution in [3.05, 3.63) is 94.6 Å². The lowest BCUT2D eigenvalue weighted by molar-refractivity contribution is 0.0996. The van der Waals surface area contributed by atoms with Crippen LogP contribution in [0.1, 0.15) is 37.4 Å². The number of hydrogen-bond acceptors (Lipinski definition) is 3. The standard InChI is InChI=1S/C22H16FN3O2/c1-14-5-8-20(23)19(9-14)22(28)26-18-4-2-3-15(11-18)6-7-16-10-17(21(24)27)13-25-12-16/h2-5,8-13H,1H3,(H2,24,27)(H,26,28). The summed E-state index contributed by atoms with van der Waals surface area (Å²) in [4.78, 5) is 27.5. The minimum absolute atomic E-state index is 0.0224. The molecule has 0 bridgehead atoms. The first-order valence-electron chi connectivity index (χ1n) is 8.37. The molecule has 0 aliphatic carbocycles. The summed E-state index contributed by atoms with van der Waals surface area (Å²) in [7, 11) is 0. The summed E-state index contributed by atoms with van der Waals surface area (Å²) >= 11 is 0. The number of hydrogen-bond donors (Lipinski definition) is 2. The third-order valence-electron chi connectivity index (χ3n) is 3.86. The summed E-state index contributed by atoms with van der Waals surface area (Å²) < 4.78 is 13.9. The monoisotopic (exact) mass is 373 g/mol. The van der Waals surface area contributed by atoms with E-state index in [0.717, 1.165) is 5.56 Å². The normalized spacial score (nSPS) is 9.93. The lowest BCUT2D eigenvalue weighted by Gasteiger charge is -2.07.